The largest absolute Gasteiger partial charge is 0.342 e. The second kappa shape index (κ2) is 6.29. The average Bonchev–Trinajstić information content (AvgIpc) is 2.57. The molecule has 1 aliphatic heterocycles. The molecule has 0 aromatic heterocycles. The summed E-state index contributed by atoms with van der Waals surface area (Å²) in [6.07, 6.45) is 1.82. The maximum absolute atomic E-state index is 12.7. The topological polar surface area (TPSA) is 49.4 Å². The summed E-state index contributed by atoms with van der Waals surface area (Å²) in [6.45, 7) is 7.00. The quantitative estimate of drug-likeness (QED) is 0.922. The van der Waals surface area contributed by atoms with Crippen LogP contribution < -0.4 is 5.32 Å². The molecule has 1 fully saturated rings. The van der Waals surface area contributed by atoms with Gasteiger partial charge < -0.3 is 10.2 Å². The zero-order chi connectivity index (χ0) is 15.5. The van der Waals surface area contributed by atoms with Crippen LogP contribution in [0.1, 0.15) is 37.8 Å². The number of hydrogen-bond acceptors (Lipinski definition) is 2. The zero-order valence-electron chi connectivity index (χ0n) is 13.1. The van der Waals surface area contributed by atoms with Crippen molar-refractivity contribution < 1.29 is 9.59 Å². The summed E-state index contributed by atoms with van der Waals surface area (Å²) in [5.74, 6) is -0.00414. The van der Waals surface area contributed by atoms with E-state index in [1.165, 1.54) is 11.1 Å². The first-order valence-electron chi connectivity index (χ1n) is 7.61. The Morgan fingerprint density at radius 1 is 1.29 bits per heavy atom. The molecule has 114 valence electrons. The van der Waals surface area contributed by atoms with Crippen LogP contribution in [0.5, 0.6) is 0 Å². The Labute approximate surface area is 126 Å². The molecule has 1 aliphatic rings. The van der Waals surface area contributed by atoms with Gasteiger partial charge in [0.15, 0.2) is 0 Å². The molecule has 1 unspecified atom stereocenters. The highest BCUT2D eigenvalue weighted by atomic mass is 16.2. The molecule has 1 saturated heterocycles. The Bertz CT molecular complexity index is 541. The molecule has 0 saturated carbocycles. The Morgan fingerprint density at radius 3 is 2.67 bits per heavy atom. The van der Waals surface area contributed by atoms with Crippen molar-refractivity contribution >= 4 is 11.8 Å². The number of benzene rings is 1. The van der Waals surface area contributed by atoms with Crippen molar-refractivity contribution in [3.63, 3.8) is 0 Å². The fourth-order valence-electron chi connectivity index (χ4n) is 2.71. The van der Waals surface area contributed by atoms with Crippen LogP contribution in [-0.2, 0) is 16.0 Å². The first-order chi connectivity index (χ1) is 9.96. The maximum Gasteiger partial charge on any atom is 0.248 e. The lowest BCUT2D eigenvalue weighted by Crippen LogP contribution is -2.54. The number of nitrogens with one attached hydrogen (secondary N) is 1. The lowest BCUT2D eigenvalue weighted by atomic mass is 9.97. The molecule has 4 heteroatoms. The number of carbonyl (C=O) groups excluding carboxylic acids is 2. The third-order valence-corrected chi connectivity index (χ3v) is 4.40. The number of nitrogens with zero attached hydrogens (tertiary/aromatic N) is 1. The standard InChI is InChI=1S/C17H24N2O2/c1-4-17(3)16(21)19(12-10-15(20)18-17)11-9-14-8-6-5-7-13(14)2/h5-8H,4,9-12H2,1-3H3,(H,18,20). The Kier molecular flexibility index (Phi) is 4.66. The maximum atomic E-state index is 12.7. The van der Waals surface area contributed by atoms with Gasteiger partial charge in [-0.05, 0) is 37.8 Å². The fourth-order valence-corrected chi connectivity index (χ4v) is 2.71. The highest BCUT2D eigenvalue weighted by molar-refractivity contribution is 5.93. The monoisotopic (exact) mass is 288 g/mol. The lowest BCUT2D eigenvalue weighted by Gasteiger charge is -2.31. The second-order valence-corrected chi connectivity index (χ2v) is 5.95. The minimum absolute atomic E-state index is 0.0319. The summed E-state index contributed by atoms with van der Waals surface area (Å²) in [7, 11) is 0. The number of hydrogen-bond donors (Lipinski definition) is 1. The van der Waals surface area contributed by atoms with Gasteiger partial charge in [-0.3, -0.25) is 9.59 Å². The van der Waals surface area contributed by atoms with E-state index in [1.54, 1.807) is 0 Å². The van der Waals surface area contributed by atoms with Gasteiger partial charge in [-0.25, -0.2) is 0 Å². The lowest BCUT2D eigenvalue weighted by molar-refractivity contribution is -0.138. The highest BCUT2D eigenvalue weighted by Gasteiger charge is 2.38. The van der Waals surface area contributed by atoms with E-state index in [4.69, 9.17) is 0 Å². The van der Waals surface area contributed by atoms with E-state index >= 15 is 0 Å². The summed E-state index contributed by atoms with van der Waals surface area (Å²) in [5.41, 5.74) is 1.73. The van der Waals surface area contributed by atoms with E-state index in [1.807, 2.05) is 30.9 Å². The molecule has 0 spiro atoms. The van der Waals surface area contributed by atoms with Crippen LogP contribution in [-0.4, -0.2) is 35.3 Å². The van der Waals surface area contributed by atoms with E-state index in [0.717, 1.165) is 6.42 Å². The van der Waals surface area contributed by atoms with Crippen LogP contribution in [0.25, 0.3) is 0 Å². The van der Waals surface area contributed by atoms with Crippen molar-refractivity contribution in [3.05, 3.63) is 35.4 Å². The van der Waals surface area contributed by atoms with Gasteiger partial charge in [0.2, 0.25) is 11.8 Å². The van der Waals surface area contributed by atoms with Crippen LogP contribution in [0.4, 0.5) is 0 Å². The molecule has 2 rings (SSSR count). The van der Waals surface area contributed by atoms with Gasteiger partial charge in [-0.2, -0.15) is 0 Å². The molecule has 1 N–H and O–H groups in total. The molecule has 21 heavy (non-hydrogen) atoms. The molecule has 1 aromatic carbocycles. The van der Waals surface area contributed by atoms with Crippen molar-refractivity contribution in [1.29, 1.82) is 0 Å². The van der Waals surface area contributed by atoms with Crippen LogP contribution in [0.15, 0.2) is 24.3 Å². The van der Waals surface area contributed by atoms with E-state index in [9.17, 15) is 9.59 Å². The molecule has 0 bridgehead atoms. The van der Waals surface area contributed by atoms with Crippen molar-refractivity contribution in [1.82, 2.24) is 10.2 Å². The molecule has 1 aromatic rings. The molecule has 0 radical (unpaired) electrons. The predicted molar refractivity (Wildman–Crippen MR) is 82.9 cm³/mol. The van der Waals surface area contributed by atoms with E-state index in [-0.39, 0.29) is 11.8 Å². The van der Waals surface area contributed by atoms with Crippen LogP contribution >= 0.6 is 0 Å². The van der Waals surface area contributed by atoms with Crippen LogP contribution in [0.3, 0.4) is 0 Å². The zero-order valence-corrected chi connectivity index (χ0v) is 13.1. The SMILES string of the molecule is CCC1(C)NC(=O)CCN(CCc2ccccc2C)C1=O. The van der Waals surface area contributed by atoms with Crippen molar-refractivity contribution in [2.75, 3.05) is 13.1 Å². The number of aryl methyl sites for hydroxylation is 1. The molecular weight excluding hydrogens is 264 g/mol. The normalized spacial score (nSPS) is 22.9. The molecule has 1 heterocycles. The van der Waals surface area contributed by atoms with Gasteiger partial charge in [0, 0.05) is 19.5 Å². The van der Waals surface area contributed by atoms with Gasteiger partial charge in [0.05, 0.1) is 0 Å². The van der Waals surface area contributed by atoms with Gasteiger partial charge in [0.1, 0.15) is 5.54 Å². The number of amides is 2. The first-order valence-corrected chi connectivity index (χ1v) is 7.61. The Hall–Kier alpha value is -1.84. The van der Waals surface area contributed by atoms with Crippen molar-refractivity contribution in [2.45, 2.75) is 45.6 Å². The fraction of sp³-hybridized carbons (Fsp3) is 0.529. The predicted octanol–water partition coefficient (Wildman–Crippen LogP) is 2.05. The third-order valence-electron chi connectivity index (χ3n) is 4.40. The summed E-state index contributed by atoms with van der Waals surface area (Å²) in [4.78, 5) is 26.3. The number of rotatable bonds is 4. The Morgan fingerprint density at radius 2 is 2.00 bits per heavy atom. The summed E-state index contributed by atoms with van der Waals surface area (Å²) in [5, 5.41) is 2.86. The highest BCUT2D eigenvalue weighted by Crippen LogP contribution is 2.18. The van der Waals surface area contributed by atoms with Crippen molar-refractivity contribution in [2.24, 2.45) is 0 Å². The molecule has 1 atom stereocenters. The van der Waals surface area contributed by atoms with Gasteiger partial charge in [-0.1, -0.05) is 31.2 Å². The molecular formula is C17H24N2O2. The van der Waals surface area contributed by atoms with Crippen LogP contribution in [0, 0.1) is 6.92 Å². The average molecular weight is 288 g/mol. The molecule has 2 amide bonds. The van der Waals surface area contributed by atoms with Crippen LogP contribution in [0.2, 0.25) is 0 Å². The van der Waals surface area contributed by atoms with Gasteiger partial charge >= 0.3 is 0 Å². The smallest absolute Gasteiger partial charge is 0.248 e. The summed E-state index contributed by atoms with van der Waals surface area (Å²) < 4.78 is 0. The minimum atomic E-state index is -0.765. The molecule has 0 aliphatic carbocycles. The second-order valence-electron chi connectivity index (χ2n) is 5.95. The van der Waals surface area contributed by atoms with E-state index in [0.29, 0.717) is 25.9 Å². The summed E-state index contributed by atoms with van der Waals surface area (Å²) >= 11 is 0. The van der Waals surface area contributed by atoms with Gasteiger partial charge in [0.25, 0.3) is 0 Å². The van der Waals surface area contributed by atoms with E-state index < -0.39 is 5.54 Å². The molecule has 4 nitrogen and oxygen atoms in total. The third kappa shape index (κ3) is 3.43. The Balaban J connectivity index is 2.10. The van der Waals surface area contributed by atoms with Crippen molar-refractivity contribution in [3.8, 4) is 0 Å². The number of carbonyl (C=O) groups is 2. The first kappa shape index (κ1) is 15.5. The van der Waals surface area contributed by atoms with E-state index in [2.05, 4.69) is 24.4 Å². The summed E-state index contributed by atoms with van der Waals surface area (Å²) in [6, 6.07) is 8.22. The minimum Gasteiger partial charge on any atom is -0.342 e. The van der Waals surface area contributed by atoms with Gasteiger partial charge in [-0.15, -0.1) is 0 Å².